The van der Waals surface area contributed by atoms with E-state index in [2.05, 4.69) is 9.97 Å². The number of primary amides is 1. The predicted molar refractivity (Wildman–Crippen MR) is 43.3 cm³/mol. The van der Waals surface area contributed by atoms with Crippen LogP contribution in [0.2, 0.25) is 0 Å². The van der Waals surface area contributed by atoms with E-state index < -0.39 is 5.91 Å². The lowest BCUT2D eigenvalue weighted by atomic mass is 10.4. The molecule has 0 aliphatic heterocycles. The number of amides is 1. The Labute approximate surface area is 71.0 Å². The quantitative estimate of drug-likeness (QED) is 0.570. The molecule has 0 aliphatic rings. The van der Waals surface area contributed by atoms with E-state index in [-0.39, 0.29) is 5.69 Å². The highest BCUT2D eigenvalue weighted by atomic mass is 127. The van der Waals surface area contributed by atoms with Crippen LogP contribution in [0.3, 0.4) is 0 Å². The summed E-state index contributed by atoms with van der Waals surface area (Å²) in [7, 11) is 0. The molecule has 10 heavy (non-hydrogen) atoms. The third-order valence-corrected chi connectivity index (χ3v) is 1.40. The zero-order valence-corrected chi connectivity index (χ0v) is 7.07. The minimum Gasteiger partial charge on any atom is -0.364 e. The Kier molecular flexibility index (Phi) is 2.15. The van der Waals surface area contributed by atoms with E-state index in [0.717, 1.165) is 0 Å². The summed E-state index contributed by atoms with van der Waals surface area (Å²) in [6, 6.07) is 1.48. The summed E-state index contributed by atoms with van der Waals surface area (Å²) in [4.78, 5) is 18.0. The molecule has 0 fully saturated rings. The van der Waals surface area contributed by atoms with Gasteiger partial charge in [-0.3, -0.25) is 4.79 Å². The lowest BCUT2D eigenvalue weighted by molar-refractivity contribution is 0.0995. The largest absolute Gasteiger partial charge is 0.364 e. The van der Waals surface area contributed by atoms with Crippen molar-refractivity contribution in [3.05, 3.63) is 21.8 Å². The second-order valence-electron chi connectivity index (χ2n) is 1.58. The first-order valence-electron chi connectivity index (χ1n) is 2.48. The van der Waals surface area contributed by atoms with E-state index in [1.807, 2.05) is 22.6 Å². The highest BCUT2D eigenvalue weighted by Gasteiger charge is 2.00. The molecule has 1 heterocycles. The normalized spacial score (nSPS) is 9.30. The van der Waals surface area contributed by atoms with Gasteiger partial charge < -0.3 is 5.73 Å². The van der Waals surface area contributed by atoms with Crippen LogP contribution < -0.4 is 5.73 Å². The first-order chi connectivity index (χ1) is 4.70. The van der Waals surface area contributed by atoms with Gasteiger partial charge in [0.05, 0.1) is 0 Å². The molecule has 0 radical (unpaired) electrons. The fourth-order valence-corrected chi connectivity index (χ4v) is 0.893. The van der Waals surface area contributed by atoms with Gasteiger partial charge in [-0.05, 0) is 6.07 Å². The van der Waals surface area contributed by atoms with Crippen LogP contribution in [-0.2, 0) is 0 Å². The number of hydrogen-bond acceptors (Lipinski definition) is 3. The van der Waals surface area contributed by atoms with Gasteiger partial charge in [0.15, 0.2) is 3.83 Å². The lowest BCUT2D eigenvalue weighted by Crippen LogP contribution is -2.13. The summed E-state index contributed by atoms with van der Waals surface area (Å²) >= 11 is 1.91. The van der Waals surface area contributed by atoms with Crippen LogP contribution in [0.15, 0.2) is 12.3 Å². The molecule has 4 nitrogen and oxygen atoms in total. The predicted octanol–water partition coefficient (Wildman–Crippen LogP) is 0.180. The minimum absolute atomic E-state index is 0.249. The Balaban J connectivity index is 3.07. The van der Waals surface area contributed by atoms with Crippen LogP contribution in [-0.4, -0.2) is 15.9 Å². The number of carbonyl (C=O) groups is 1. The first-order valence-corrected chi connectivity index (χ1v) is 3.56. The third kappa shape index (κ3) is 1.63. The van der Waals surface area contributed by atoms with Crippen molar-refractivity contribution in [1.29, 1.82) is 0 Å². The maximum absolute atomic E-state index is 10.5. The van der Waals surface area contributed by atoms with Crippen molar-refractivity contribution in [2.45, 2.75) is 0 Å². The summed E-state index contributed by atoms with van der Waals surface area (Å²) < 4.78 is 0.522. The van der Waals surface area contributed by atoms with Gasteiger partial charge in [-0.15, -0.1) is 0 Å². The van der Waals surface area contributed by atoms with Gasteiger partial charge in [-0.1, -0.05) is 0 Å². The smallest absolute Gasteiger partial charge is 0.267 e. The van der Waals surface area contributed by atoms with Crippen LogP contribution in [0, 0.1) is 3.83 Å². The number of rotatable bonds is 1. The molecule has 0 unspecified atom stereocenters. The highest BCUT2D eigenvalue weighted by molar-refractivity contribution is 14.1. The Morgan fingerprint density at radius 3 is 2.80 bits per heavy atom. The molecule has 0 saturated heterocycles. The monoisotopic (exact) mass is 249 g/mol. The summed E-state index contributed by atoms with van der Waals surface area (Å²) in [6.07, 6.45) is 1.49. The average molecular weight is 249 g/mol. The summed E-state index contributed by atoms with van der Waals surface area (Å²) in [5.74, 6) is -0.527. The Bertz CT molecular complexity index is 263. The first kappa shape index (κ1) is 7.39. The molecule has 0 bridgehead atoms. The van der Waals surface area contributed by atoms with Crippen LogP contribution in [0.4, 0.5) is 0 Å². The molecule has 0 saturated carbocycles. The second kappa shape index (κ2) is 2.91. The molecular weight excluding hydrogens is 245 g/mol. The number of nitrogens with two attached hydrogens (primary N) is 1. The van der Waals surface area contributed by atoms with Crippen LogP contribution >= 0.6 is 22.6 Å². The SMILES string of the molecule is NC(=O)c1ccnc(I)n1. The third-order valence-electron chi connectivity index (χ3n) is 0.879. The van der Waals surface area contributed by atoms with Crippen molar-refractivity contribution < 1.29 is 4.79 Å². The maximum Gasteiger partial charge on any atom is 0.267 e. The molecule has 1 amide bonds. The van der Waals surface area contributed by atoms with Gasteiger partial charge in [0.1, 0.15) is 5.69 Å². The van der Waals surface area contributed by atoms with Gasteiger partial charge in [-0.2, -0.15) is 0 Å². The molecule has 0 spiro atoms. The fourth-order valence-electron chi connectivity index (χ4n) is 0.472. The standard InChI is InChI=1S/C5H4IN3O/c6-5-8-2-1-3(9-5)4(7)10/h1-2H,(H2,7,10). The van der Waals surface area contributed by atoms with Crippen molar-refractivity contribution in [2.75, 3.05) is 0 Å². The van der Waals surface area contributed by atoms with Crippen molar-refractivity contribution >= 4 is 28.5 Å². The summed E-state index contributed by atoms with van der Waals surface area (Å²) in [5, 5.41) is 0. The average Bonchev–Trinajstić information content (AvgIpc) is 1.88. The van der Waals surface area contributed by atoms with Gasteiger partial charge in [0.25, 0.3) is 5.91 Å². The van der Waals surface area contributed by atoms with E-state index >= 15 is 0 Å². The van der Waals surface area contributed by atoms with Crippen LogP contribution in [0.1, 0.15) is 10.5 Å². The van der Waals surface area contributed by atoms with Crippen LogP contribution in [0.5, 0.6) is 0 Å². The van der Waals surface area contributed by atoms with Crippen molar-refractivity contribution in [3.63, 3.8) is 0 Å². The Morgan fingerprint density at radius 2 is 2.40 bits per heavy atom. The molecule has 0 aliphatic carbocycles. The van der Waals surface area contributed by atoms with Crippen LogP contribution in [0.25, 0.3) is 0 Å². The van der Waals surface area contributed by atoms with Gasteiger partial charge in [0, 0.05) is 28.8 Å². The molecule has 1 aromatic heterocycles. The molecular formula is C5H4IN3O. The van der Waals surface area contributed by atoms with E-state index in [1.165, 1.54) is 12.3 Å². The maximum atomic E-state index is 10.5. The number of hydrogen-bond donors (Lipinski definition) is 1. The lowest BCUT2D eigenvalue weighted by Gasteiger charge is -1.91. The van der Waals surface area contributed by atoms with E-state index in [0.29, 0.717) is 3.83 Å². The zero-order chi connectivity index (χ0) is 7.56. The van der Waals surface area contributed by atoms with E-state index in [9.17, 15) is 4.79 Å². The van der Waals surface area contributed by atoms with Gasteiger partial charge in [-0.25, -0.2) is 9.97 Å². The molecule has 2 N–H and O–H groups in total. The van der Waals surface area contributed by atoms with E-state index in [4.69, 9.17) is 5.73 Å². The number of nitrogens with zero attached hydrogens (tertiary/aromatic N) is 2. The Morgan fingerprint density at radius 1 is 1.70 bits per heavy atom. The number of aromatic nitrogens is 2. The molecule has 1 rings (SSSR count). The number of halogens is 1. The Hall–Kier alpha value is -0.720. The fraction of sp³-hybridized carbons (Fsp3) is 0. The van der Waals surface area contributed by atoms with Crippen molar-refractivity contribution in [2.24, 2.45) is 5.73 Å². The number of carbonyl (C=O) groups excluding carboxylic acids is 1. The van der Waals surface area contributed by atoms with Crippen molar-refractivity contribution in [3.8, 4) is 0 Å². The molecule has 0 aromatic carbocycles. The van der Waals surface area contributed by atoms with Gasteiger partial charge in [0.2, 0.25) is 0 Å². The zero-order valence-electron chi connectivity index (χ0n) is 4.91. The molecule has 0 atom stereocenters. The minimum atomic E-state index is -0.527. The second-order valence-corrected chi connectivity index (χ2v) is 2.54. The van der Waals surface area contributed by atoms with Gasteiger partial charge >= 0.3 is 0 Å². The van der Waals surface area contributed by atoms with E-state index in [1.54, 1.807) is 0 Å². The molecule has 52 valence electrons. The summed E-state index contributed by atoms with van der Waals surface area (Å²) in [5.41, 5.74) is 5.20. The highest BCUT2D eigenvalue weighted by Crippen LogP contribution is 1.96. The van der Waals surface area contributed by atoms with Crippen molar-refractivity contribution in [1.82, 2.24) is 9.97 Å². The molecule has 1 aromatic rings. The molecule has 5 heteroatoms. The summed E-state index contributed by atoms with van der Waals surface area (Å²) in [6.45, 7) is 0. The topological polar surface area (TPSA) is 68.9 Å².